The summed E-state index contributed by atoms with van der Waals surface area (Å²) in [4.78, 5) is 11.1. The van der Waals surface area contributed by atoms with Gasteiger partial charge in [0.25, 0.3) is 0 Å². The minimum absolute atomic E-state index is 0.164. The summed E-state index contributed by atoms with van der Waals surface area (Å²) in [6.45, 7) is 2.99. The van der Waals surface area contributed by atoms with Gasteiger partial charge in [-0.05, 0) is 43.7 Å². The lowest BCUT2D eigenvalue weighted by Crippen LogP contribution is -2.52. The molecule has 3 N–H and O–H groups in total. The van der Waals surface area contributed by atoms with Crippen LogP contribution in [0.15, 0.2) is 29.2 Å². The summed E-state index contributed by atoms with van der Waals surface area (Å²) in [7, 11) is -2.00. The minimum atomic E-state index is -3.61. The van der Waals surface area contributed by atoms with Gasteiger partial charge in [-0.1, -0.05) is 0 Å². The van der Waals surface area contributed by atoms with Gasteiger partial charge in [0.2, 0.25) is 15.9 Å². The van der Waals surface area contributed by atoms with Gasteiger partial charge in [0.05, 0.1) is 17.0 Å². The number of amides is 1. The van der Waals surface area contributed by atoms with Crippen LogP contribution in [0.25, 0.3) is 0 Å². The quantitative estimate of drug-likeness (QED) is 0.678. The van der Waals surface area contributed by atoms with Crippen LogP contribution in [0.1, 0.15) is 19.8 Å². The summed E-state index contributed by atoms with van der Waals surface area (Å²) in [6, 6.07) is 6.07. The highest BCUT2D eigenvalue weighted by Gasteiger charge is 2.34. The highest BCUT2D eigenvalue weighted by molar-refractivity contribution is 7.89. The molecule has 1 fully saturated rings. The normalized spacial score (nSPS) is 21.3. The third-order valence-corrected chi connectivity index (χ3v) is 5.26. The molecule has 0 saturated carbocycles. The molecule has 7 nitrogen and oxygen atoms in total. The first kappa shape index (κ1) is 17.9. The second-order valence-electron chi connectivity index (χ2n) is 5.77. The van der Waals surface area contributed by atoms with Crippen molar-refractivity contribution in [3.8, 4) is 0 Å². The molecule has 1 amide bonds. The van der Waals surface area contributed by atoms with Gasteiger partial charge in [-0.2, -0.15) is 0 Å². The van der Waals surface area contributed by atoms with E-state index in [9.17, 15) is 13.2 Å². The van der Waals surface area contributed by atoms with E-state index in [1.165, 1.54) is 19.1 Å². The number of hydrogen-bond acceptors (Lipinski definition) is 5. The van der Waals surface area contributed by atoms with Crippen LogP contribution < -0.4 is 15.4 Å². The zero-order chi connectivity index (χ0) is 16.9. The smallest absolute Gasteiger partial charge is 0.240 e. The first-order valence-corrected chi connectivity index (χ1v) is 8.96. The molecular formula is C15H23N3O4S. The van der Waals surface area contributed by atoms with Crippen LogP contribution in [0.2, 0.25) is 0 Å². The molecule has 0 aromatic heterocycles. The van der Waals surface area contributed by atoms with E-state index in [2.05, 4.69) is 15.4 Å². The fourth-order valence-electron chi connectivity index (χ4n) is 2.71. The molecule has 0 spiro atoms. The van der Waals surface area contributed by atoms with E-state index in [1.54, 1.807) is 19.2 Å². The Bertz CT molecular complexity index is 637. The predicted octanol–water partition coefficient (Wildman–Crippen LogP) is 0.692. The second-order valence-corrected chi connectivity index (χ2v) is 7.54. The molecule has 23 heavy (non-hydrogen) atoms. The Labute approximate surface area is 136 Å². The number of sulfonamides is 1. The van der Waals surface area contributed by atoms with Gasteiger partial charge in [-0.15, -0.1) is 0 Å². The number of methoxy groups -OCH3 is 1. The van der Waals surface area contributed by atoms with Crippen LogP contribution in [0.5, 0.6) is 0 Å². The van der Waals surface area contributed by atoms with Crippen LogP contribution in [-0.2, 0) is 19.6 Å². The lowest BCUT2D eigenvalue weighted by Gasteiger charge is -2.28. The summed E-state index contributed by atoms with van der Waals surface area (Å²) < 4.78 is 32.7. The standard InChI is InChI=1S/C15H23N3O4S/c1-12(19)18-13-4-6-14(7-5-13)23(20,21)17-10-15(11-22-2)8-3-9-16-15/h4-7,16-17H,3,8-11H2,1-2H3,(H,18,19). The molecule has 1 atom stereocenters. The van der Waals surface area contributed by atoms with Crippen LogP contribution in [0.3, 0.4) is 0 Å². The molecule has 1 aromatic carbocycles. The maximum atomic E-state index is 12.4. The summed E-state index contributed by atoms with van der Waals surface area (Å²) in [6.07, 6.45) is 1.86. The van der Waals surface area contributed by atoms with E-state index in [1.807, 2.05) is 0 Å². The largest absolute Gasteiger partial charge is 0.383 e. The van der Waals surface area contributed by atoms with Crippen LogP contribution in [0, 0.1) is 0 Å². The average Bonchev–Trinajstić information content (AvgIpc) is 2.95. The zero-order valence-corrected chi connectivity index (χ0v) is 14.2. The lowest BCUT2D eigenvalue weighted by molar-refractivity contribution is -0.114. The summed E-state index contributed by atoms with van der Waals surface area (Å²) >= 11 is 0. The van der Waals surface area contributed by atoms with Crippen molar-refractivity contribution < 1.29 is 17.9 Å². The number of nitrogens with one attached hydrogen (secondary N) is 3. The number of carbonyl (C=O) groups excluding carboxylic acids is 1. The zero-order valence-electron chi connectivity index (χ0n) is 13.4. The van der Waals surface area contributed by atoms with E-state index >= 15 is 0 Å². The third-order valence-electron chi connectivity index (χ3n) is 3.84. The molecule has 0 radical (unpaired) electrons. The molecule has 2 rings (SSSR count). The van der Waals surface area contributed by atoms with E-state index in [0.717, 1.165) is 19.4 Å². The maximum Gasteiger partial charge on any atom is 0.240 e. The van der Waals surface area contributed by atoms with Gasteiger partial charge in [0, 0.05) is 26.3 Å². The number of rotatable bonds is 7. The van der Waals surface area contributed by atoms with Crippen molar-refractivity contribution in [2.24, 2.45) is 0 Å². The fraction of sp³-hybridized carbons (Fsp3) is 0.533. The Morgan fingerprint density at radius 1 is 1.35 bits per heavy atom. The van der Waals surface area contributed by atoms with E-state index in [-0.39, 0.29) is 22.9 Å². The molecule has 0 bridgehead atoms. The van der Waals surface area contributed by atoms with Crippen LogP contribution in [0.4, 0.5) is 5.69 Å². The summed E-state index contributed by atoms with van der Waals surface area (Å²) in [5, 5.41) is 5.93. The van der Waals surface area contributed by atoms with Crippen molar-refractivity contribution in [2.45, 2.75) is 30.2 Å². The van der Waals surface area contributed by atoms with Crippen molar-refractivity contribution in [3.05, 3.63) is 24.3 Å². The minimum Gasteiger partial charge on any atom is -0.383 e. The maximum absolute atomic E-state index is 12.4. The van der Waals surface area contributed by atoms with Gasteiger partial charge in [0.15, 0.2) is 0 Å². The molecule has 1 aromatic rings. The molecule has 0 aliphatic carbocycles. The molecule has 1 saturated heterocycles. The first-order valence-electron chi connectivity index (χ1n) is 7.48. The molecule has 1 aliphatic heterocycles. The van der Waals surface area contributed by atoms with E-state index < -0.39 is 10.0 Å². The second kappa shape index (κ2) is 7.39. The number of hydrogen-bond donors (Lipinski definition) is 3. The Kier molecular flexibility index (Phi) is 5.74. The van der Waals surface area contributed by atoms with Gasteiger partial charge in [0.1, 0.15) is 0 Å². The SMILES string of the molecule is COCC1(CNS(=O)(=O)c2ccc(NC(C)=O)cc2)CCCN1. The number of benzene rings is 1. The van der Waals surface area contributed by atoms with Crippen LogP contribution in [-0.4, -0.2) is 46.7 Å². The Hall–Kier alpha value is -1.48. The van der Waals surface area contributed by atoms with E-state index in [4.69, 9.17) is 4.74 Å². The topological polar surface area (TPSA) is 96.5 Å². The molecule has 8 heteroatoms. The summed E-state index contributed by atoms with van der Waals surface area (Å²) in [5.41, 5.74) is 0.211. The van der Waals surface area contributed by atoms with E-state index in [0.29, 0.717) is 12.3 Å². The highest BCUT2D eigenvalue weighted by Crippen LogP contribution is 2.20. The number of ether oxygens (including phenoxy) is 1. The van der Waals surface area contributed by atoms with Gasteiger partial charge in [-0.3, -0.25) is 4.79 Å². The Balaban J connectivity index is 2.04. The van der Waals surface area contributed by atoms with Crippen LogP contribution >= 0.6 is 0 Å². The number of carbonyl (C=O) groups is 1. The Morgan fingerprint density at radius 3 is 2.57 bits per heavy atom. The van der Waals surface area contributed by atoms with Gasteiger partial charge in [-0.25, -0.2) is 13.1 Å². The van der Waals surface area contributed by atoms with Crippen molar-refractivity contribution in [2.75, 3.05) is 32.1 Å². The summed E-state index contributed by atoms with van der Waals surface area (Å²) in [5.74, 6) is -0.201. The van der Waals surface area contributed by atoms with Crippen molar-refractivity contribution in [3.63, 3.8) is 0 Å². The van der Waals surface area contributed by atoms with Gasteiger partial charge < -0.3 is 15.4 Å². The monoisotopic (exact) mass is 341 g/mol. The molecule has 128 valence electrons. The molecular weight excluding hydrogens is 318 g/mol. The fourth-order valence-corrected chi connectivity index (χ4v) is 3.83. The molecule has 1 heterocycles. The third kappa shape index (κ3) is 4.74. The molecule has 1 aliphatic rings. The average molecular weight is 341 g/mol. The first-order chi connectivity index (χ1) is 10.9. The van der Waals surface area contributed by atoms with Gasteiger partial charge >= 0.3 is 0 Å². The van der Waals surface area contributed by atoms with Crippen molar-refractivity contribution in [1.29, 1.82) is 0 Å². The number of anilines is 1. The van der Waals surface area contributed by atoms with Crippen molar-refractivity contribution >= 4 is 21.6 Å². The Morgan fingerprint density at radius 2 is 2.04 bits per heavy atom. The van der Waals surface area contributed by atoms with Crippen molar-refractivity contribution in [1.82, 2.24) is 10.0 Å². The lowest BCUT2D eigenvalue weighted by atomic mass is 9.99. The predicted molar refractivity (Wildman–Crippen MR) is 87.8 cm³/mol. The molecule has 1 unspecified atom stereocenters. The highest BCUT2D eigenvalue weighted by atomic mass is 32.2.